The van der Waals surface area contributed by atoms with Crippen LogP contribution in [-0.2, 0) is 4.74 Å². The third kappa shape index (κ3) is 2.05. The number of alkyl halides is 4. The number of halogens is 4. The minimum atomic E-state index is -3.24. The van der Waals surface area contributed by atoms with Gasteiger partial charge in [0.15, 0.2) is 0 Å². The Morgan fingerprint density at radius 2 is 1.91 bits per heavy atom. The highest BCUT2D eigenvalue weighted by Gasteiger charge is 2.62. The quantitative estimate of drug-likeness (QED) is 0.320. The van der Waals surface area contributed by atoms with Gasteiger partial charge >= 0.3 is 9.77 Å². The van der Waals surface area contributed by atoms with Crippen LogP contribution in [0.3, 0.4) is 0 Å². The van der Waals surface area contributed by atoms with Crippen LogP contribution in [0.4, 0.5) is 4.39 Å². The van der Waals surface area contributed by atoms with Crippen LogP contribution in [0, 0.1) is 10.1 Å². The van der Waals surface area contributed by atoms with Gasteiger partial charge in [-0.25, -0.2) is 0 Å². The van der Waals surface area contributed by atoms with Gasteiger partial charge in [-0.3, -0.25) is 10.1 Å². The van der Waals surface area contributed by atoms with E-state index in [-0.39, 0.29) is 0 Å². The number of nitrogens with zero attached hydrogens (tertiary/aromatic N) is 1. The molecule has 0 bridgehead atoms. The van der Waals surface area contributed by atoms with E-state index in [0.29, 0.717) is 0 Å². The number of methoxy groups -OCH3 is 1. The van der Waals surface area contributed by atoms with Gasteiger partial charge in [0.25, 0.3) is 0 Å². The Labute approximate surface area is 76.3 Å². The molecule has 0 radical (unpaired) electrons. The highest BCUT2D eigenvalue weighted by atomic mass is 35.5. The molecular weight excluding hydrogens is 223 g/mol. The second-order valence-electron chi connectivity index (χ2n) is 1.52. The molecule has 0 saturated carbocycles. The Balaban J connectivity index is 4.67. The first kappa shape index (κ1) is 11.2. The Bertz CT molecular complexity index is 173. The Morgan fingerprint density at radius 1 is 1.55 bits per heavy atom. The molecule has 1 unspecified atom stereocenters. The molecule has 0 aliphatic carbocycles. The normalized spacial score (nSPS) is 17.5. The van der Waals surface area contributed by atoms with Crippen molar-refractivity contribution in [2.45, 2.75) is 9.77 Å². The van der Waals surface area contributed by atoms with Crippen molar-refractivity contribution in [2.24, 2.45) is 0 Å². The van der Waals surface area contributed by atoms with Crippen molar-refractivity contribution in [3.8, 4) is 0 Å². The van der Waals surface area contributed by atoms with Crippen LogP contribution in [0.1, 0.15) is 0 Å². The van der Waals surface area contributed by atoms with Crippen molar-refractivity contribution in [1.82, 2.24) is 0 Å². The van der Waals surface area contributed by atoms with Crippen LogP contribution in [0.5, 0.6) is 0 Å². The largest absolute Gasteiger partial charge is 0.443 e. The number of nitro groups is 1. The summed E-state index contributed by atoms with van der Waals surface area (Å²) in [5.74, 6) is 0. The van der Waals surface area contributed by atoms with E-state index in [2.05, 4.69) is 4.74 Å². The van der Waals surface area contributed by atoms with Crippen LogP contribution in [0.15, 0.2) is 0 Å². The van der Waals surface area contributed by atoms with Gasteiger partial charge in [-0.2, -0.15) is 4.39 Å². The Kier molecular flexibility index (Phi) is 3.31. The molecule has 0 aliphatic rings. The third-order valence-corrected chi connectivity index (χ3v) is 2.22. The molecule has 4 nitrogen and oxygen atoms in total. The van der Waals surface area contributed by atoms with Crippen LogP contribution in [-0.4, -0.2) is 21.8 Å². The summed E-state index contributed by atoms with van der Waals surface area (Å²) in [6.45, 7) is 0. The van der Waals surface area contributed by atoms with Crippen LogP contribution >= 0.6 is 34.8 Å². The number of rotatable bonds is 3. The lowest BCUT2D eigenvalue weighted by Crippen LogP contribution is -2.45. The van der Waals surface area contributed by atoms with Gasteiger partial charge in [0, 0.05) is 7.11 Å². The van der Waals surface area contributed by atoms with E-state index in [0.717, 1.165) is 7.11 Å². The Hall–Kier alpha value is 0.160. The topological polar surface area (TPSA) is 52.4 Å². The van der Waals surface area contributed by atoms with E-state index >= 15 is 0 Å². The smallest absolute Gasteiger partial charge is 0.329 e. The number of ether oxygens (including phenoxy) is 1. The molecule has 0 aromatic carbocycles. The first-order chi connectivity index (χ1) is 4.75. The fourth-order valence-corrected chi connectivity index (χ4v) is 0.452. The summed E-state index contributed by atoms with van der Waals surface area (Å²) in [6.07, 6.45) is 0. The second kappa shape index (κ2) is 3.26. The minimum absolute atomic E-state index is 0.802. The summed E-state index contributed by atoms with van der Waals surface area (Å²) >= 11 is 14.6. The molecule has 0 aliphatic heterocycles. The van der Waals surface area contributed by atoms with Gasteiger partial charge in [-0.1, -0.05) is 0 Å². The molecular formula is C3H3Cl3FNO3. The molecule has 0 saturated heterocycles. The van der Waals surface area contributed by atoms with Gasteiger partial charge in [0.1, 0.15) is 0 Å². The van der Waals surface area contributed by atoms with E-state index in [4.69, 9.17) is 34.8 Å². The average molecular weight is 226 g/mol. The first-order valence-electron chi connectivity index (χ1n) is 2.21. The molecule has 0 fully saturated rings. The van der Waals surface area contributed by atoms with Gasteiger partial charge in [0.05, 0.1) is 4.92 Å². The van der Waals surface area contributed by atoms with Crippen molar-refractivity contribution in [1.29, 1.82) is 0 Å². The maximum atomic E-state index is 12.7. The number of hydrogen-bond acceptors (Lipinski definition) is 3. The maximum absolute atomic E-state index is 12.7. The van der Waals surface area contributed by atoms with E-state index in [1.54, 1.807) is 0 Å². The molecule has 66 valence electrons. The molecule has 0 amide bonds. The molecule has 0 rings (SSSR count). The monoisotopic (exact) mass is 225 g/mol. The lowest BCUT2D eigenvalue weighted by atomic mass is 10.6. The van der Waals surface area contributed by atoms with Gasteiger partial charge < -0.3 is 4.74 Å². The van der Waals surface area contributed by atoms with E-state index in [9.17, 15) is 14.5 Å². The molecule has 1 atom stereocenters. The molecule has 0 N–H and O–H groups in total. The Morgan fingerprint density at radius 3 is 2.00 bits per heavy atom. The summed E-state index contributed by atoms with van der Waals surface area (Å²) in [7, 11) is 0.802. The molecule has 0 aromatic rings. The van der Waals surface area contributed by atoms with Crippen molar-refractivity contribution in [2.75, 3.05) is 7.11 Å². The summed E-state index contributed by atoms with van der Waals surface area (Å²) in [5.41, 5.74) is 0. The zero-order valence-electron chi connectivity index (χ0n) is 5.18. The first-order valence-corrected chi connectivity index (χ1v) is 3.34. The molecule has 0 aromatic heterocycles. The fraction of sp³-hybridized carbons (Fsp3) is 1.00. The van der Waals surface area contributed by atoms with Crippen molar-refractivity contribution < 1.29 is 14.1 Å². The van der Waals surface area contributed by atoms with Crippen molar-refractivity contribution in [3.05, 3.63) is 10.1 Å². The summed E-state index contributed by atoms with van der Waals surface area (Å²) in [6, 6.07) is 0. The minimum Gasteiger partial charge on any atom is -0.329 e. The van der Waals surface area contributed by atoms with Gasteiger partial charge in [-0.05, 0) is 34.8 Å². The highest BCUT2D eigenvalue weighted by Crippen LogP contribution is 2.41. The highest BCUT2D eigenvalue weighted by molar-refractivity contribution is 6.51. The zero-order chi connectivity index (χ0) is 9.28. The molecule has 8 heteroatoms. The van der Waals surface area contributed by atoms with Crippen LogP contribution < -0.4 is 0 Å². The van der Waals surface area contributed by atoms with Crippen LogP contribution in [0.25, 0.3) is 0 Å². The van der Waals surface area contributed by atoms with E-state index < -0.39 is 14.7 Å². The second-order valence-corrected chi connectivity index (χ2v) is 3.29. The fourth-order valence-electron chi connectivity index (χ4n) is 0.229. The summed E-state index contributed by atoms with van der Waals surface area (Å²) in [5, 5.41) is 6.73. The zero-order valence-corrected chi connectivity index (χ0v) is 7.45. The summed E-state index contributed by atoms with van der Waals surface area (Å²) < 4.78 is 13.5. The predicted molar refractivity (Wildman–Crippen MR) is 38.1 cm³/mol. The molecule has 11 heavy (non-hydrogen) atoms. The lowest BCUT2D eigenvalue weighted by Gasteiger charge is -2.20. The molecule has 0 spiro atoms. The van der Waals surface area contributed by atoms with Crippen molar-refractivity contribution >= 4 is 34.8 Å². The van der Waals surface area contributed by atoms with Crippen LogP contribution in [0.2, 0.25) is 0 Å². The molecule has 0 heterocycles. The summed E-state index contributed by atoms with van der Waals surface area (Å²) in [4.78, 5) is 8.66. The third-order valence-electron chi connectivity index (χ3n) is 0.836. The standard InChI is InChI=1S/C3H3Cl3FNO3/c1-11-3(6,7)2(4,5)8(9)10/h1H3. The maximum Gasteiger partial charge on any atom is 0.443 e. The van der Waals surface area contributed by atoms with Crippen molar-refractivity contribution in [3.63, 3.8) is 0 Å². The number of hydrogen-bond donors (Lipinski definition) is 0. The lowest BCUT2D eigenvalue weighted by molar-refractivity contribution is -0.541. The predicted octanol–water partition coefficient (Wildman–Crippen LogP) is 1.90. The van der Waals surface area contributed by atoms with E-state index in [1.807, 2.05) is 0 Å². The average Bonchev–Trinajstić information content (AvgIpc) is 1.87. The SMILES string of the molecule is COC(F)(Cl)C(Cl)(Cl)[N+](=O)[O-]. The van der Waals surface area contributed by atoms with E-state index in [1.165, 1.54) is 0 Å². The van der Waals surface area contributed by atoms with Gasteiger partial charge in [-0.15, -0.1) is 0 Å². The van der Waals surface area contributed by atoms with Gasteiger partial charge in [0.2, 0.25) is 0 Å².